The van der Waals surface area contributed by atoms with Crippen LogP contribution in [-0.4, -0.2) is 29.6 Å². The Morgan fingerprint density at radius 2 is 1.88 bits per heavy atom. The average Bonchev–Trinajstić information content (AvgIpc) is 3.16. The number of nitrogens with zero attached hydrogens (tertiary/aromatic N) is 1. The highest BCUT2D eigenvalue weighted by atomic mass is 15.2. The SMILES string of the molecule is CCCCN(C1CC1)C1CC(CC)CCC1N. The molecule has 3 atom stereocenters. The van der Waals surface area contributed by atoms with E-state index in [1.165, 1.54) is 57.9 Å². The highest BCUT2D eigenvalue weighted by molar-refractivity contribution is 4.95. The number of nitrogens with two attached hydrogens (primary N) is 1. The van der Waals surface area contributed by atoms with E-state index in [1.54, 1.807) is 0 Å². The van der Waals surface area contributed by atoms with Crippen molar-refractivity contribution < 1.29 is 0 Å². The Morgan fingerprint density at radius 1 is 1.12 bits per heavy atom. The van der Waals surface area contributed by atoms with Gasteiger partial charge >= 0.3 is 0 Å². The van der Waals surface area contributed by atoms with Gasteiger partial charge in [0.15, 0.2) is 0 Å². The monoisotopic (exact) mass is 238 g/mol. The van der Waals surface area contributed by atoms with Crippen molar-refractivity contribution in [3.63, 3.8) is 0 Å². The van der Waals surface area contributed by atoms with Gasteiger partial charge in [-0.3, -0.25) is 4.90 Å². The summed E-state index contributed by atoms with van der Waals surface area (Å²) in [7, 11) is 0. The van der Waals surface area contributed by atoms with Crippen LogP contribution in [0, 0.1) is 5.92 Å². The number of unbranched alkanes of at least 4 members (excludes halogenated alkanes) is 1. The van der Waals surface area contributed by atoms with E-state index in [1.807, 2.05) is 0 Å². The van der Waals surface area contributed by atoms with Gasteiger partial charge in [-0.25, -0.2) is 0 Å². The van der Waals surface area contributed by atoms with Crippen molar-refractivity contribution in [1.82, 2.24) is 4.90 Å². The fourth-order valence-corrected chi connectivity index (χ4v) is 3.37. The summed E-state index contributed by atoms with van der Waals surface area (Å²) in [5.74, 6) is 0.933. The lowest BCUT2D eigenvalue weighted by Crippen LogP contribution is -2.52. The first-order valence-electron chi connectivity index (χ1n) is 7.77. The van der Waals surface area contributed by atoms with E-state index in [0.717, 1.165) is 12.0 Å². The summed E-state index contributed by atoms with van der Waals surface area (Å²) >= 11 is 0. The van der Waals surface area contributed by atoms with E-state index >= 15 is 0 Å². The Labute approximate surface area is 107 Å². The molecule has 2 rings (SSSR count). The van der Waals surface area contributed by atoms with Crippen LogP contribution in [0.25, 0.3) is 0 Å². The molecule has 2 nitrogen and oxygen atoms in total. The van der Waals surface area contributed by atoms with Gasteiger partial charge in [0.05, 0.1) is 0 Å². The van der Waals surface area contributed by atoms with Crippen molar-refractivity contribution >= 4 is 0 Å². The third-order valence-electron chi connectivity index (χ3n) is 4.77. The van der Waals surface area contributed by atoms with Crippen LogP contribution in [0.15, 0.2) is 0 Å². The van der Waals surface area contributed by atoms with Crippen LogP contribution in [0.3, 0.4) is 0 Å². The van der Waals surface area contributed by atoms with Gasteiger partial charge in [-0.15, -0.1) is 0 Å². The van der Waals surface area contributed by atoms with Crippen molar-refractivity contribution in [2.24, 2.45) is 11.7 Å². The van der Waals surface area contributed by atoms with Crippen molar-refractivity contribution in [2.45, 2.75) is 83.3 Å². The first kappa shape index (κ1) is 13.4. The maximum Gasteiger partial charge on any atom is 0.0252 e. The van der Waals surface area contributed by atoms with Gasteiger partial charge in [-0.1, -0.05) is 26.7 Å². The quantitative estimate of drug-likeness (QED) is 0.770. The smallest absolute Gasteiger partial charge is 0.0252 e. The second-order valence-corrected chi connectivity index (χ2v) is 6.14. The molecule has 0 radical (unpaired) electrons. The van der Waals surface area contributed by atoms with E-state index in [9.17, 15) is 0 Å². The zero-order valence-corrected chi connectivity index (χ0v) is 11.7. The largest absolute Gasteiger partial charge is 0.326 e. The van der Waals surface area contributed by atoms with E-state index in [4.69, 9.17) is 5.73 Å². The standard InChI is InChI=1S/C15H30N2/c1-3-5-10-17(13-7-8-13)15-11-12(4-2)6-9-14(15)16/h12-15H,3-11,16H2,1-2H3. The van der Waals surface area contributed by atoms with Crippen molar-refractivity contribution in [3.8, 4) is 0 Å². The molecule has 0 aliphatic heterocycles. The summed E-state index contributed by atoms with van der Waals surface area (Å²) in [6.07, 6.45) is 10.8. The first-order chi connectivity index (χ1) is 8.26. The average molecular weight is 238 g/mol. The normalized spacial score (nSPS) is 34.2. The molecule has 100 valence electrons. The molecule has 0 saturated heterocycles. The first-order valence-corrected chi connectivity index (χ1v) is 7.77. The van der Waals surface area contributed by atoms with Crippen LogP contribution in [0.1, 0.15) is 65.2 Å². The van der Waals surface area contributed by atoms with Gasteiger partial charge in [0.2, 0.25) is 0 Å². The molecule has 2 heteroatoms. The lowest BCUT2D eigenvalue weighted by atomic mass is 9.80. The fourth-order valence-electron chi connectivity index (χ4n) is 3.37. The van der Waals surface area contributed by atoms with E-state index < -0.39 is 0 Å². The third kappa shape index (κ3) is 3.45. The summed E-state index contributed by atoms with van der Waals surface area (Å²) in [5, 5.41) is 0. The van der Waals surface area contributed by atoms with Gasteiger partial charge in [-0.05, 0) is 51.0 Å². The molecule has 2 N–H and O–H groups in total. The zero-order chi connectivity index (χ0) is 12.3. The molecule has 0 aromatic heterocycles. The van der Waals surface area contributed by atoms with Gasteiger partial charge < -0.3 is 5.73 Å². The minimum absolute atomic E-state index is 0.440. The van der Waals surface area contributed by atoms with Crippen LogP contribution in [0.4, 0.5) is 0 Å². The van der Waals surface area contributed by atoms with E-state index in [-0.39, 0.29) is 0 Å². The molecule has 2 saturated carbocycles. The van der Waals surface area contributed by atoms with Gasteiger partial charge in [-0.2, -0.15) is 0 Å². The molecular weight excluding hydrogens is 208 g/mol. The molecule has 0 amide bonds. The van der Waals surface area contributed by atoms with Crippen LogP contribution in [0.5, 0.6) is 0 Å². The summed E-state index contributed by atoms with van der Waals surface area (Å²) in [6, 6.07) is 2.01. The Morgan fingerprint density at radius 3 is 2.47 bits per heavy atom. The lowest BCUT2D eigenvalue weighted by Gasteiger charge is -2.41. The van der Waals surface area contributed by atoms with Crippen molar-refractivity contribution in [3.05, 3.63) is 0 Å². The molecule has 3 unspecified atom stereocenters. The molecule has 0 aromatic carbocycles. The van der Waals surface area contributed by atoms with Crippen molar-refractivity contribution in [1.29, 1.82) is 0 Å². The second-order valence-electron chi connectivity index (χ2n) is 6.14. The van der Waals surface area contributed by atoms with Crippen molar-refractivity contribution in [2.75, 3.05) is 6.54 Å². The van der Waals surface area contributed by atoms with Gasteiger partial charge in [0.1, 0.15) is 0 Å². The summed E-state index contributed by atoms with van der Waals surface area (Å²) in [4.78, 5) is 2.77. The molecule has 0 heterocycles. The zero-order valence-electron chi connectivity index (χ0n) is 11.7. The van der Waals surface area contributed by atoms with Gasteiger partial charge in [0.25, 0.3) is 0 Å². The summed E-state index contributed by atoms with van der Waals surface area (Å²) in [5.41, 5.74) is 6.39. The molecule has 0 spiro atoms. The molecule has 17 heavy (non-hydrogen) atoms. The topological polar surface area (TPSA) is 29.3 Å². The Kier molecular flexibility index (Phi) is 4.87. The minimum atomic E-state index is 0.440. The molecule has 0 aromatic rings. The maximum atomic E-state index is 6.39. The molecule has 2 fully saturated rings. The predicted molar refractivity (Wildman–Crippen MR) is 74.0 cm³/mol. The maximum absolute atomic E-state index is 6.39. The molecule has 2 aliphatic rings. The lowest BCUT2D eigenvalue weighted by molar-refractivity contribution is 0.101. The van der Waals surface area contributed by atoms with Crippen LogP contribution < -0.4 is 5.73 Å². The number of hydrogen-bond donors (Lipinski definition) is 1. The predicted octanol–water partition coefficient (Wildman–Crippen LogP) is 3.16. The highest BCUT2D eigenvalue weighted by Gasteiger charge is 2.38. The van der Waals surface area contributed by atoms with Crippen LogP contribution in [0.2, 0.25) is 0 Å². The molecular formula is C15H30N2. The Bertz CT molecular complexity index is 225. The Hall–Kier alpha value is -0.0800. The summed E-state index contributed by atoms with van der Waals surface area (Å²) < 4.78 is 0. The molecule has 0 bridgehead atoms. The second kappa shape index (κ2) is 6.19. The third-order valence-corrected chi connectivity index (χ3v) is 4.77. The van der Waals surface area contributed by atoms with Gasteiger partial charge in [0, 0.05) is 18.1 Å². The summed E-state index contributed by atoms with van der Waals surface area (Å²) in [6.45, 7) is 5.92. The fraction of sp³-hybridized carbons (Fsp3) is 1.00. The van der Waals surface area contributed by atoms with Crippen LogP contribution >= 0.6 is 0 Å². The molecule has 2 aliphatic carbocycles. The number of rotatable bonds is 6. The van der Waals surface area contributed by atoms with E-state index in [0.29, 0.717) is 12.1 Å². The van der Waals surface area contributed by atoms with Crippen LogP contribution in [-0.2, 0) is 0 Å². The Balaban J connectivity index is 1.94. The minimum Gasteiger partial charge on any atom is -0.326 e. The number of hydrogen-bond acceptors (Lipinski definition) is 2. The van der Waals surface area contributed by atoms with E-state index in [2.05, 4.69) is 18.7 Å². The highest BCUT2D eigenvalue weighted by Crippen LogP contribution is 2.36.